The summed E-state index contributed by atoms with van der Waals surface area (Å²) in [6, 6.07) is 18.2. The first-order chi connectivity index (χ1) is 11.2. The molecule has 1 atom stereocenters. The van der Waals surface area contributed by atoms with Crippen molar-refractivity contribution in [1.82, 2.24) is 10.2 Å². The monoisotopic (exact) mass is 306 g/mol. The summed E-state index contributed by atoms with van der Waals surface area (Å²) in [6.07, 6.45) is 4.30. The molecule has 2 aromatic rings. The molecule has 23 heavy (non-hydrogen) atoms. The number of nitrogens with zero attached hydrogens (tertiary/aromatic N) is 1. The van der Waals surface area contributed by atoms with Gasteiger partial charge in [0.2, 0.25) is 0 Å². The van der Waals surface area contributed by atoms with Crippen LogP contribution in [-0.2, 0) is 6.54 Å². The molecule has 0 bridgehead atoms. The van der Waals surface area contributed by atoms with E-state index >= 15 is 0 Å². The summed E-state index contributed by atoms with van der Waals surface area (Å²) in [5, 5.41) is 3.28. The second-order valence-electron chi connectivity index (χ2n) is 5.96. The highest BCUT2D eigenvalue weighted by atomic mass is 16.1. The number of carbonyl (C=O) groups excluding carboxylic acids is 1. The van der Waals surface area contributed by atoms with E-state index in [0.717, 1.165) is 18.7 Å². The van der Waals surface area contributed by atoms with E-state index in [1.807, 2.05) is 30.3 Å². The van der Waals surface area contributed by atoms with Crippen molar-refractivity contribution in [3.05, 3.63) is 77.5 Å². The van der Waals surface area contributed by atoms with Crippen molar-refractivity contribution < 1.29 is 4.79 Å². The van der Waals surface area contributed by atoms with Crippen LogP contribution < -0.4 is 5.32 Å². The molecule has 0 aromatic heterocycles. The van der Waals surface area contributed by atoms with Gasteiger partial charge in [-0.25, -0.2) is 0 Å². The highest BCUT2D eigenvalue weighted by Crippen LogP contribution is 2.20. The number of hydrogen-bond donors (Lipinski definition) is 1. The van der Waals surface area contributed by atoms with Gasteiger partial charge in [0.1, 0.15) is 0 Å². The molecule has 0 amide bonds. The average Bonchev–Trinajstić information content (AvgIpc) is 2.61. The van der Waals surface area contributed by atoms with Gasteiger partial charge in [-0.05, 0) is 24.1 Å². The van der Waals surface area contributed by atoms with Crippen LogP contribution in [0.2, 0.25) is 0 Å². The van der Waals surface area contributed by atoms with Gasteiger partial charge in [0, 0.05) is 30.9 Å². The lowest BCUT2D eigenvalue weighted by atomic mass is 10.0. The van der Waals surface area contributed by atoms with Gasteiger partial charge in [-0.15, -0.1) is 0 Å². The molecule has 3 rings (SSSR count). The largest absolute Gasteiger partial charge is 0.369 e. The molecule has 118 valence electrons. The Kier molecular flexibility index (Phi) is 4.89. The summed E-state index contributed by atoms with van der Waals surface area (Å²) < 4.78 is 0. The maximum Gasteiger partial charge on any atom is 0.176 e. The number of carbonyl (C=O) groups is 1. The predicted octanol–water partition coefficient (Wildman–Crippen LogP) is 3.33. The van der Waals surface area contributed by atoms with Gasteiger partial charge in [0.15, 0.2) is 5.78 Å². The molecule has 0 unspecified atom stereocenters. The molecule has 3 nitrogen and oxygen atoms in total. The Labute approximate surface area is 137 Å². The summed E-state index contributed by atoms with van der Waals surface area (Å²) in [5.74, 6) is 0.136. The van der Waals surface area contributed by atoms with E-state index in [1.165, 1.54) is 11.1 Å². The molecule has 2 aromatic carbocycles. The van der Waals surface area contributed by atoms with Gasteiger partial charge in [-0.2, -0.15) is 0 Å². The molecule has 1 aliphatic rings. The molecule has 0 saturated carbocycles. The lowest BCUT2D eigenvalue weighted by Gasteiger charge is -2.31. The smallest absolute Gasteiger partial charge is 0.176 e. The maximum atomic E-state index is 12.1. The van der Waals surface area contributed by atoms with E-state index in [1.54, 1.807) is 0 Å². The highest BCUT2D eigenvalue weighted by Gasteiger charge is 2.15. The molecular weight excluding hydrogens is 284 g/mol. The normalized spacial score (nSPS) is 14.4. The number of benzene rings is 2. The molecule has 0 aliphatic carbocycles. The maximum absolute atomic E-state index is 12.1. The third-order valence-corrected chi connectivity index (χ3v) is 4.24. The lowest BCUT2D eigenvalue weighted by molar-refractivity contribution is 0.0989. The van der Waals surface area contributed by atoms with E-state index in [4.69, 9.17) is 0 Å². The molecule has 0 fully saturated rings. The first kappa shape index (κ1) is 15.5. The van der Waals surface area contributed by atoms with Gasteiger partial charge in [0.25, 0.3) is 0 Å². The Morgan fingerprint density at radius 3 is 2.70 bits per heavy atom. The van der Waals surface area contributed by atoms with Gasteiger partial charge in [-0.3, -0.25) is 4.79 Å². The second-order valence-corrected chi connectivity index (χ2v) is 5.96. The molecular formula is C20H22N2O. The Morgan fingerprint density at radius 1 is 1.13 bits per heavy atom. The van der Waals surface area contributed by atoms with Crippen molar-refractivity contribution in [2.75, 3.05) is 13.1 Å². The lowest BCUT2D eigenvalue weighted by Crippen LogP contribution is -2.39. The first-order valence-electron chi connectivity index (χ1n) is 8.05. The molecule has 1 heterocycles. The van der Waals surface area contributed by atoms with E-state index < -0.39 is 0 Å². The van der Waals surface area contributed by atoms with Crippen molar-refractivity contribution in [3.63, 3.8) is 0 Å². The fourth-order valence-corrected chi connectivity index (χ4v) is 2.81. The van der Waals surface area contributed by atoms with Crippen molar-refractivity contribution in [3.8, 4) is 0 Å². The minimum Gasteiger partial charge on any atom is -0.369 e. The van der Waals surface area contributed by atoms with Crippen LogP contribution in [0.15, 0.2) is 60.8 Å². The van der Waals surface area contributed by atoms with Crippen LogP contribution in [0.4, 0.5) is 0 Å². The van der Waals surface area contributed by atoms with Gasteiger partial charge < -0.3 is 10.2 Å². The Hall–Kier alpha value is -2.39. The third kappa shape index (κ3) is 3.88. The Balaban J connectivity index is 1.49. The molecule has 0 spiro atoms. The summed E-state index contributed by atoms with van der Waals surface area (Å²) in [4.78, 5) is 14.4. The van der Waals surface area contributed by atoms with Crippen LogP contribution in [0.25, 0.3) is 6.08 Å². The highest BCUT2D eigenvalue weighted by molar-refractivity contribution is 5.97. The predicted molar refractivity (Wildman–Crippen MR) is 94.1 cm³/mol. The SMILES string of the molecule is C[C@H](CNCC(=O)c1ccccc1)N1C=Cc2ccccc2C1. The van der Waals surface area contributed by atoms with Gasteiger partial charge >= 0.3 is 0 Å². The fraction of sp³-hybridized carbons (Fsp3) is 0.250. The minimum absolute atomic E-state index is 0.136. The number of Topliss-reactive ketones (excluding diaryl/α,β-unsaturated/α-hetero) is 1. The van der Waals surface area contributed by atoms with Crippen molar-refractivity contribution in [2.24, 2.45) is 0 Å². The molecule has 1 N–H and O–H groups in total. The van der Waals surface area contributed by atoms with Crippen molar-refractivity contribution >= 4 is 11.9 Å². The summed E-state index contributed by atoms with van der Waals surface area (Å²) in [5.41, 5.74) is 3.41. The van der Waals surface area contributed by atoms with Crippen LogP contribution in [0.5, 0.6) is 0 Å². The zero-order chi connectivity index (χ0) is 16.1. The quantitative estimate of drug-likeness (QED) is 0.831. The molecule has 1 aliphatic heterocycles. The fourth-order valence-electron chi connectivity index (χ4n) is 2.81. The van der Waals surface area contributed by atoms with E-state index in [2.05, 4.69) is 53.7 Å². The minimum atomic E-state index is 0.136. The first-order valence-corrected chi connectivity index (χ1v) is 8.05. The topological polar surface area (TPSA) is 32.3 Å². The third-order valence-electron chi connectivity index (χ3n) is 4.24. The summed E-state index contributed by atoms with van der Waals surface area (Å²) in [6.45, 7) is 4.26. The molecule has 3 heteroatoms. The zero-order valence-corrected chi connectivity index (χ0v) is 13.4. The number of hydrogen-bond acceptors (Lipinski definition) is 3. The van der Waals surface area contributed by atoms with Crippen LogP contribution >= 0.6 is 0 Å². The summed E-state index contributed by atoms with van der Waals surface area (Å²) in [7, 11) is 0. The standard InChI is InChI=1S/C20H22N2O/c1-16(13-21-14-20(23)18-8-3-2-4-9-18)22-12-11-17-7-5-6-10-19(17)15-22/h2-12,16,21H,13-15H2,1H3/t16-/m1/s1. The van der Waals surface area contributed by atoms with Crippen LogP contribution in [0.1, 0.15) is 28.4 Å². The van der Waals surface area contributed by atoms with Crippen molar-refractivity contribution in [1.29, 1.82) is 0 Å². The Bertz CT molecular complexity index is 694. The Morgan fingerprint density at radius 2 is 1.87 bits per heavy atom. The number of fused-ring (bicyclic) bond motifs is 1. The van der Waals surface area contributed by atoms with E-state index in [9.17, 15) is 4.79 Å². The number of nitrogens with one attached hydrogen (secondary N) is 1. The van der Waals surface area contributed by atoms with Crippen molar-refractivity contribution in [2.45, 2.75) is 19.5 Å². The van der Waals surface area contributed by atoms with E-state index in [0.29, 0.717) is 12.6 Å². The van der Waals surface area contributed by atoms with E-state index in [-0.39, 0.29) is 5.78 Å². The molecule has 0 saturated heterocycles. The summed E-state index contributed by atoms with van der Waals surface area (Å²) >= 11 is 0. The van der Waals surface area contributed by atoms with Crippen LogP contribution in [-0.4, -0.2) is 29.8 Å². The second kappa shape index (κ2) is 7.25. The number of rotatable bonds is 6. The zero-order valence-electron chi connectivity index (χ0n) is 13.4. The number of ketones is 1. The van der Waals surface area contributed by atoms with Gasteiger partial charge in [0.05, 0.1) is 6.54 Å². The molecule has 0 radical (unpaired) electrons. The van der Waals surface area contributed by atoms with Crippen LogP contribution in [0.3, 0.4) is 0 Å². The average molecular weight is 306 g/mol. The van der Waals surface area contributed by atoms with Crippen LogP contribution in [0, 0.1) is 0 Å². The van der Waals surface area contributed by atoms with Gasteiger partial charge in [-0.1, -0.05) is 54.6 Å².